The third-order valence-corrected chi connectivity index (χ3v) is 0.629. The van der Waals surface area contributed by atoms with Crippen molar-refractivity contribution >= 4 is 0 Å². The second-order valence-electron chi connectivity index (χ2n) is 1.36. The number of hydrogen-bond donors (Lipinski definition) is 0. The highest BCUT2D eigenvalue weighted by Gasteiger charge is 1.89. The van der Waals surface area contributed by atoms with Crippen LogP contribution < -0.4 is 0 Å². The van der Waals surface area contributed by atoms with Crippen molar-refractivity contribution in [3.8, 4) is 0 Å². The van der Waals surface area contributed by atoms with Gasteiger partial charge in [-0.1, -0.05) is 5.16 Å². The predicted molar refractivity (Wildman–Crippen MR) is 35.0 cm³/mol. The lowest BCUT2D eigenvalue weighted by Crippen LogP contribution is -1.70. The van der Waals surface area contributed by atoms with Crippen LogP contribution >= 0.6 is 0 Å². The van der Waals surface area contributed by atoms with Gasteiger partial charge in [0.1, 0.15) is 0 Å². The third kappa shape index (κ3) is 2.64. The largest absolute Gasteiger partial charge is 0.340 e. The lowest BCUT2D eigenvalue weighted by Gasteiger charge is -1.64. The van der Waals surface area contributed by atoms with Crippen molar-refractivity contribution < 1.29 is 4.52 Å². The summed E-state index contributed by atoms with van der Waals surface area (Å²) in [6.45, 7) is 9.55. The smallest absolute Gasteiger partial charge is 0.223 e. The summed E-state index contributed by atoms with van der Waals surface area (Å²) in [6.07, 6.45) is 0. The Labute approximate surface area is 54.4 Å². The van der Waals surface area contributed by atoms with Crippen LogP contribution in [0.4, 0.5) is 0 Å². The zero-order chi connectivity index (χ0) is 7.28. The number of hydrogen-bond acceptors (Lipinski definition) is 3. The molecule has 0 aliphatic rings. The molecule has 1 rings (SSSR count). The van der Waals surface area contributed by atoms with Gasteiger partial charge in [0.2, 0.25) is 5.89 Å². The van der Waals surface area contributed by atoms with E-state index in [0.29, 0.717) is 11.7 Å². The molecule has 0 saturated heterocycles. The fourth-order valence-electron chi connectivity index (χ4n) is 0.401. The van der Waals surface area contributed by atoms with Crippen molar-refractivity contribution in [2.75, 3.05) is 0 Å². The molecular weight excluding hydrogens is 116 g/mol. The van der Waals surface area contributed by atoms with Crippen molar-refractivity contribution in [2.45, 2.75) is 13.8 Å². The molecular formula is C6H10N2O. The lowest BCUT2D eigenvalue weighted by molar-refractivity contribution is 0.389. The first kappa shape index (κ1) is 7.88. The second-order valence-corrected chi connectivity index (χ2v) is 1.36. The Morgan fingerprint density at radius 3 is 2.00 bits per heavy atom. The first-order valence-corrected chi connectivity index (χ1v) is 2.56. The van der Waals surface area contributed by atoms with Gasteiger partial charge in [-0.3, -0.25) is 0 Å². The third-order valence-electron chi connectivity index (χ3n) is 0.629. The fraction of sp³-hybridized carbons (Fsp3) is 0.333. The fourth-order valence-corrected chi connectivity index (χ4v) is 0.401. The number of aromatic nitrogens is 2. The molecule has 9 heavy (non-hydrogen) atoms. The first-order chi connectivity index (χ1) is 4.29. The van der Waals surface area contributed by atoms with Crippen molar-refractivity contribution in [3.63, 3.8) is 0 Å². The quantitative estimate of drug-likeness (QED) is 0.494. The Morgan fingerprint density at radius 1 is 1.33 bits per heavy atom. The van der Waals surface area contributed by atoms with E-state index < -0.39 is 0 Å². The van der Waals surface area contributed by atoms with Crippen LogP contribution in [0.25, 0.3) is 0 Å². The van der Waals surface area contributed by atoms with Crippen molar-refractivity contribution in [1.82, 2.24) is 10.1 Å². The number of rotatable bonds is 0. The minimum atomic E-state index is 0.623. The SMILES string of the molecule is C=C.Cc1noc(C)n1. The molecule has 0 bridgehead atoms. The average Bonchev–Trinajstić information content (AvgIpc) is 2.20. The van der Waals surface area contributed by atoms with E-state index in [1.165, 1.54) is 0 Å². The Balaban J connectivity index is 0.000000291. The van der Waals surface area contributed by atoms with E-state index in [1.807, 2.05) is 0 Å². The molecule has 1 aromatic heterocycles. The van der Waals surface area contributed by atoms with Gasteiger partial charge in [0.05, 0.1) is 0 Å². The van der Waals surface area contributed by atoms with Crippen LogP contribution in [0.3, 0.4) is 0 Å². The zero-order valence-electron chi connectivity index (χ0n) is 5.72. The summed E-state index contributed by atoms with van der Waals surface area (Å²) in [7, 11) is 0. The topological polar surface area (TPSA) is 38.9 Å². The molecule has 0 amide bonds. The molecule has 50 valence electrons. The van der Waals surface area contributed by atoms with Crippen LogP contribution in [0, 0.1) is 13.8 Å². The molecule has 1 heterocycles. The number of aryl methyl sites for hydroxylation is 2. The van der Waals surface area contributed by atoms with Gasteiger partial charge in [-0.05, 0) is 6.92 Å². The Bertz CT molecular complexity index is 155. The van der Waals surface area contributed by atoms with E-state index in [2.05, 4.69) is 27.8 Å². The maximum absolute atomic E-state index is 4.60. The minimum absolute atomic E-state index is 0.623. The molecule has 0 atom stereocenters. The molecule has 0 aliphatic heterocycles. The van der Waals surface area contributed by atoms with Crippen molar-refractivity contribution in [2.24, 2.45) is 0 Å². The minimum Gasteiger partial charge on any atom is -0.340 e. The molecule has 3 heteroatoms. The van der Waals surface area contributed by atoms with Gasteiger partial charge in [-0.15, -0.1) is 13.2 Å². The molecule has 3 nitrogen and oxygen atoms in total. The highest BCUT2D eigenvalue weighted by atomic mass is 16.5. The summed E-state index contributed by atoms with van der Waals surface area (Å²) >= 11 is 0. The molecule has 0 N–H and O–H groups in total. The molecule has 0 unspecified atom stereocenters. The summed E-state index contributed by atoms with van der Waals surface area (Å²) in [5.41, 5.74) is 0. The highest BCUT2D eigenvalue weighted by molar-refractivity contribution is 4.77. The highest BCUT2D eigenvalue weighted by Crippen LogP contribution is 1.89. The van der Waals surface area contributed by atoms with Crippen molar-refractivity contribution in [3.05, 3.63) is 24.9 Å². The zero-order valence-corrected chi connectivity index (χ0v) is 5.72. The maximum Gasteiger partial charge on any atom is 0.223 e. The summed E-state index contributed by atoms with van der Waals surface area (Å²) in [6, 6.07) is 0. The summed E-state index contributed by atoms with van der Waals surface area (Å²) in [5.74, 6) is 1.31. The van der Waals surface area contributed by atoms with Gasteiger partial charge in [0.15, 0.2) is 5.82 Å². The Morgan fingerprint density at radius 2 is 1.89 bits per heavy atom. The molecule has 0 radical (unpaired) electrons. The molecule has 0 saturated carbocycles. The van der Waals surface area contributed by atoms with Crippen LogP contribution in [-0.2, 0) is 0 Å². The van der Waals surface area contributed by atoms with E-state index in [1.54, 1.807) is 13.8 Å². The van der Waals surface area contributed by atoms with Gasteiger partial charge in [-0.25, -0.2) is 0 Å². The second kappa shape index (κ2) is 3.83. The van der Waals surface area contributed by atoms with Crippen LogP contribution in [0.1, 0.15) is 11.7 Å². The van der Waals surface area contributed by atoms with Crippen LogP contribution in [0.2, 0.25) is 0 Å². The number of nitrogens with zero attached hydrogens (tertiary/aromatic N) is 2. The van der Waals surface area contributed by atoms with Crippen molar-refractivity contribution in [1.29, 1.82) is 0 Å². The summed E-state index contributed by atoms with van der Waals surface area (Å²) in [4.78, 5) is 3.83. The molecule has 0 aromatic carbocycles. The van der Waals surface area contributed by atoms with Gasteiger partial charge >= 0.3 is 0 Å². The van der Waals surface area contributed by atoms with Gasteiger partial charge in [-0.2, -0.15) is 4.98 Å². The van der Waals surface area contributed by atoms with Crippen LogP contribution in [0.15, 0.2) is 17.7 Å². The van der Waals surface area contributed by atoms with E-state index in [-0.39, 0.29) is 0 Å². The molecule has 0 spiro atoms. The van der Waals surface area contributed by atoms with Gasteiger partial charge in [0, 0.05) is 6.92 Å². The Kier molecular flexibility index (Phi) is 3.35. The van der Waals surface area contributed by atoms with Crippen LogP contribution in [0.5, 0.6) is 0 Å². The van der Waals surface area contributed by atoms with E-state index in [0.717, 1.165) is 0 Å². The van der Waals surface area contributed by atoms with E-state index >= 15 is 0 Å². The monoisotopic (exact) mass is 126 g/mol. The van der Waals surface area contributed by atoms with E-state index in [9.17, 15) is 0 Å². The maximum atomic E-state index is 4.60. The lowest BCUT2D eigenvalue weighted by atomic mass is 10.7. The summed E-state index contributed by atoms with van der Waals surface area (Å²) < 4.78 is 4.60. The molecule has 1 aromatic rings. The predicted octanol–water partition coefficient (Wildman–Crippen LogP) is 1.49. The van der Waals surface area contributed by atoms with Crippen LogP contribution in [-0.4, -0.2) is 10.1 Å². The van der Waals surface area contributed by atoms with Gasteiger partial charge in [0.25, 0.3) is 0 Å². The standard InChI is InChI=1S/C4H6N2O.C2H4/c1-3-5-4(2)7-6-3;1-2/h1-2H3;1-2H2. The molecule has 0 aliphatic carbocycles. The van der Waals surface area contributed by atoms with Gasteiger partial charge < -0.3 is 4.52 Å². The molecule has 0 fully saturated rings. The average molecular weight is 126 g/mol. The summed E-state index contributed by atoms with van der Waals surface area (Å²) in [5, 5.41) is 3.53. The Hall–Kier alpha value is -1.12. The van der Waals surface area contributed by atoms with E-state index in [4.69, 9.17) is 0 Å². The first-order valence-electron chi connectivity index (χ1n) is 2.56. The normalized spacial score (nSPS) is 7.78.